The Balaban J connectivity index is 1.45. The number of H-pyrrole nitrogens is 1. The van der Waals surface area contributed by atoms with Gasteiger partial charge in [0.1, 0.15) is 5.82 Å². The Labute approximate surface area is 122 Å². The molecule has 1 saturated heterocycles. The number of hydrogen-bond acceptors (Lipinski definition) is 4. The van der Waals surface area contributed by atoms with Gasteiger partial charge < -0.3 is 4.98 Å². The first kappa shape index (κ1) is 12.5. The van der Waals surface area contributed by atoms with Crippen molar-refractivity contribution >= 4 is 5.65 Å². The SMILES string of the molecule is c1ccn2c(C3CCN(Cc4cnc[nH]4)CC3)nnc2c1. The van der Waals surface area contributed by atoms with E-state index >= 15 is 0 Å². The zero-order valence-electron chi connectivity index (χ0n) is 11.8. The van der Waals surface area contributed by atoms with Crippen molar-refractivity contribution in [3.8, 4) is 0 Å². The highest BCUT2D eigenvalue weighted by Gasteiger charge is 2.24. The van der Waals surface area contributed by atoms with Gasteiger partial charge >= 0.3 is 0 Å². The normalized spacial score (nSPS) is 17.5. The molecule has 3 aromatic rings. The molecule has 1 fully saturated rings. The van der Waals surface area contributed by atoms with Gasteiger partial charge in [-0.3, -0.25) is 9.30 Å². The van der Waals surface area contributed by atoms with Crippen LogP contribution in [-0.4, -0.2) is 42.6 Å². The summed E-state index contributed by atoms with van der Waals surface area (Å²) >= 11 is 0. The topological polar surface area (TPSA) is 62.1 Å². The highest BCUT2D eigenvalue weighted by Crippen LogP contribution is 2.27. The van der Waals surface area contributed by atoms with Crippen LogP contribution in [0.15, 0.2) is 36.9 Å². The van der Waals surface area contributed by atoms with Crippen LogP contribution in [0.5, 0.6) is 0 Å². The lowest BCUT2D eigenvalue weighted by Crippen LogP contribution is -2.33. The number of aromatic amines is 1. The minimum atomic E-state index is 0.500. The average Bonchev–Trinajstić information content (AvgIpc) is 3.17. The van der Waals surface area contributed by atoms with E-state index in [0.717, 1.165) is 43.9 Å². The summed E-state index contributed by atoms with van der Waals surface area (Å²) in [4.78, 5) is 9.71. The fourth-order valence-corrected chi connectivity index (χ4v) is 3.10. The first-order valence-corrected chi connectivity index (χ1v) is 7.39. The molecular weight excluding hydrogens is 264 g/mol. The number of nitrogens with zero attached hydrogens (tertiary/aromatic N) is 5. The number of hydrogen-bond donors (Lipinski definition) is 1. The van der Waals surface area contributed by atoms with Crippen LogP contribution in [0.4, 0.5) is 0 Å². The second-order valence-electron chi connectivity index (χ2n) is 5.61. The van der Waals surface area contributed by atoms with E-state index in [1.807, 2.05) is 24.4 Å². The average molecular weight is 282 g/mol. The van der Waals surface area contributed by atoms with Gasteiger partial charge in [-0.25, -0.2) is 4.98 Å². The molecule has 108 valence electrons. The molecule has 1 N–H and O–H groups in total. The van der Waals surface area contributed by atoms with Crippen molar-refractivity contribution < 1.29 is 0 Å². The van der Waals surface area contributed by atoms with E-state index in [9.17, 15) is 0 Å². The van der Waals surface area contributed by atoms with E-state index in [1.165, 1.54) is 5.69 Å². The quantitative estimate of drug-likeness (QED) is 0.796. The van der Waals surface area contributed by atoms with Gasteiger partial charge in [0.2, 0.25) is 0 Å². The molecule has 0 radical (unpaired) electrons. The molecule has 0 spiro atoms. The highest BCUT2D eigenvalue weighted by molar-refractivity contribution is 5.37. The summed E-state index contributed by atoms with van der Waals surface area (Å²) in [7, 11) is 0. The Kier molecular flexibility index (Phi) is 3.16. The minimum Gasteiger partial charge on any atom is -0.347 e. The molecule has 0 bridgehead atoms. The van der Waals surface area contributed by atoms with E-state index in [2.05, 4.69) is 35.7 Å². The lowest BCUT2D eigenvalue weighted by atomic mass is 9.96. The zero-order chi connectivity index (χ0) is 14.1. The molecule has 4 heterocycles. The van der Waals surface area contributed by atoms with Gasteiger partial charge in [0.25, 0.3) is 0 Å². The molecule has 0 atom stereocenters. The van der Waals surface area contributed by atoms with Crippen molar-refractivity contribution in [3.05, 3.63) is 48.4 Å². The van der Waals surface area contributed by atoms with Gasteiger partial charge in [0.15, 0.2) is 5.65 Å². The Morgan fingerprint density at radius 2 is 2.10 bits per heavy atom. The molecule has 6 nitrogen and oxygen atoms in total. The first-order chi connectivity index (χ1) is 10.4. The summed E-state index contributed by atoms with van der Waals surface area (Å²) in [5.74, 6) is 1.60. The Hall–Kier alpha value is -2.21. The lowest BCUT2D eigenvalue weighted by molar-refractivity contribution is 0.199. The van der Waals surface area contributed by atoms with Crippen LogP contribution in [0.2, 0.25) is 0 Å². The van der Waals surface area contributed by atoms with Crippen LogP contribution in [0, 0.1) is 0 Å². The molecule has 0 saturated carbocycles. The number of fused-ring (bicyclic) bond motifs is 1. The number of rotatable bonds is 3. The summed E-state index contributed by atoms with van der Waals surface area (Å²) in [5, 5.41) is 8.66. The van der Waals surface area contributed by atoms with Crippen LogP contribution in [-0.2, 0) is 6.54 Å². The van der Waals surface area contributed by atoms with Crippen LogP contribution >= 0.6 is 0 Å². The van der Waals surface area contributed by atoms with E-state index in [1.54, 1.807) is 6.33 Å². The van der Waals surface area contributed by atoms with Crippen LogP contribution in [0.25, 0.3) is 5.65 Å². The zero-order valence-corrected chi connectivity index (χ0v) is 11.8. The number of nitrogens with one attached hydrogen (secondary N) is 1. The van der Waals surface area contributed by atoms with E-state index < -0.39 is 0 Å². The van der Waals surface area contributed by atoms with Gasteiger partial charge in [0.05, 0.1) is 6.33 Å². The summed E-state index contributed by atoms with van der Waals surface area (Å²) in [6.45, 7) is 3.13. The van der Waals surface area contributed by atoms with Crippen molar-refractivity contribution in [3.63, 3.8) is 0 Å². The molecule has 6 heteroatoms. The third-order valence-electron chi connectivity index (χ3n) is 4.24. The fourth-order valence-electron chi connectivity index (χ4n) is 3.10. The number of aromatic nitrogens is 5. The van der Waals surface area contributed by atoms with Crippen LogP contribution in [0.3, 0.4) is 0 Å². The van der Waals surface area contributed by atoms with Gasteiger partial charge in [0, 0.05) is 30.6 Å². The van der Waals surface area contributed by atoms with Gasteiger partial charge in [-0.15, -0.1) is 10.2 Å². The van der Waals surface area contributed by atoms with E-state index in [0.29, 0.717) is 5.92 Å². The Morgan fingerprint density at radius 3 is 2.90 bits per heavy atom. The fraction of sp³-hybridized carbons (Fsp3) is 0.400. The molecule has 3 aromatic heterocycles. The van der Waals surface area contributed by atoms with E-state index in [4.69, 9.17) is 0 Å². The van der Waals surface area contributed by atoms with Crippen molar-refractivity contribution in [2.45, 2.75) is 25.3 Å². The molecule has 0 amide bonds. The second-order valence-corrected chi connectivity index (χ2v) is 5.61. The van der Waals surface area contributed by atoms with Crippen molar-refractivity contribution in [1.82, 2.24) is 29.5 Å². The lowest BCUT2D eigenvalue weighted by Gasteiger charge is -2.30. The highest BCUT2D eigenvalue weighted by atomic mass is 15.3. The largest absolute Gasteiger partial charge is 0.347 e. The summed E-state index contributed by atoms with van der Waals surface area (Å²) in [6.07, 6.45) is 7.96. The third-order valence-corrected chi connectivity index (χ3v) is 4.24. The van der Waals surface area contributed by atoms with Gasteiger partial charge in [-0.05, 0) is 38.1 Å². The smallest absolute Gasteiger partial charge is 0.160 e. The molecule has 0 aliphatic carbocycles. The second kappa shape index (κ2) is 5.29. The van der Waals surface area contributed by atoms with Crippen LogP contribution in [0.1, 0.15) is 30.3 Å². The number of imidazole rings is 1. The molecule has 21 heavy (non-hydrogen) atoms. The van der Waals surface area contributed by atoms with Crippen molar-refractivity contribution in [2.24, 2.45) is 0 Å². The molecule has 4 rings (SSSR count). The maximum Gasteiger partial charge on any atom is 0.160 e. The van der Waals surface area contributed by atoms with Crippen LogP contribution < -0.4 is 0 Å². The maximum absolute atomic E-state index is 4.40. The van der Waals surface area contributed by atoms with E-state index in [-0.39, 0.29) is 0 Å². The predicted molar refractivity (Wildman–Crippen MR) is 78.8 cm³/mol. The maximum atomic E-state index is 4.40. The summed E-state index contributed by atoms with van der Waals surface area (Å²) < 4.78 is 2.12. The molecular formula is C15H18N6. The first-order valence-electron chi connectivity index (χ1n) is 7.39. The standard InChI is InChI=1S/C15H18N6/c1-2-6-21-14(3-1)18-19-15(21)12-4-7-20(8-5-12)10-13-9-16-11-17-13/h1-3,6,9,11-12H,4-5,7-8,10H2,(H,16,17). The number of pyridine rings is 1. The molecule has 1 aliphatic heterocycles. The Morgan fingerprint density at radius 1 is 1.19 bits per heavy atom. The number of piperidine rings is 1. The summed E-state index contributed by atoms with van der Waals surface area (Å²) in [5.41, 5.74) is 2.12. The third kappa shape index (κ3) is 2.42. The summed E-state index contributed by atoms with van der Waals surface area (Å²) in [6, 6.07) is 6.04. The molecule has 1 aliphatic rings. The monoisotopic (exact) mass is 282 g/mol. The number of likely N-dealkylation sites (tertiary alicyclic amines) is 1. The molecule has 0 aromatic carbocycles. The Bertz CT molecular complexity index is 709. The van der Waals surface area contributed by atoms with Crippen molar-refractivity contribution in [1.29, 1.82) is 0 Å². The van der Waals surface area contributed by atoms with Crippen molar-refractivity contribution in [2.75, 3.05) is 13.1 Å². The predicted octanol–water partition coefficient (Wildman–Crippen LogP) is 1.83. The van der Waals surface area contributed by atoms with Gasteiger partial charge in [-0.2, -0.15) is 0 Å². The molecule has 0 unspecified atom stereocenters. The minimum absolute atomic E-state index is 0.500. The van der Waals surface area contributed by atoms with Gasteiger partial charge in [-0.1, -0.05) is 6.07 Å².